The molecular weight excluding hydrogens is 334 g/mol. The minimum absolute atomic E-state index is 0.153. The van der Waals surface area contributed by atoms with Crippen LogP contribution in [-0.2, 0) is 14.3 Å². The van der Waals surface area contributed by atoms with Gasteiger partial charge in [-0.05, 0) is 36.4 Å². The summed E-state index contributed by atoms with van der Waals surface area (Å²) in [5.74, 6) is -0.753. The molecule has 2 rings (SSSR count). The lowest BCUT2D eigenvalue weighted by Crippen LogP contribution is -2.17. The predicted molar refractivity (Wildman–Crippen MR) is 100 cm³/mol. The first kappa shape index (κ1) is 19.0. The normalized spacial score (nSPS) is 9.92. The molecule has 2 amide bonds. The highest BCUT2D eigenvalue weighted by Crippen LogP contribution is 2.16. The van der Waals surface area contributed by atoms with Crippen molar-refractivity contribution in [3.05, 3.63) is 54.1 Å². The molecule has 0 bridgehead atoms. The van der Waals surface area contributed by atoms with Crippen LogP contribution in [0.1, 0.15) is 23.7 Å². The minimum Gasteiger partial charge on any atom is -0.465 e. The van der Waals surface area contributed by atoms with E-state index in [2.05, 4.69) is 16.0 Å². The second-order valence-corrected chi connectivity index (χ2v) is 5.52. The van der Waals surface area contributed by atoms with E-state index >= 15 is 0 Å². The lowest BCUT2D eigenvalue weighted by atomic mass is 10.1. The molecule has 0 saturated carbocycles. The number of para-hydroxylation sites is 1. The van der Waals surface area contributed by atoms with Crippen molar-refractivity contribution < 1.29 is 19.1 Å². The number of ether oxygens (including phenoxy) is 1. The van der Waals surface area contributed by atoms with Gasteiger partial charge in [0.25, 0.3) is 0 Å². The zero-order chi connectivity index (χ0) is 18.9. The van der Waals surface area contributed by atoms with Crippen LogP contribution < -0.4 is 16.0 Å². The molecule has 0 aliphatic carbocycles. The fourth-order valence-corrected chi connectivity index (χ4v) is 2.30. The topological polar surface area (TPSA) is 96.5 Å². The third kappa shape index (κ3) is 5.62. The maximum Gasteiger partial charge on any atom is 0.339 e. The molecule has 2 aromatic rings. The molecule has 0 aliphatic heterocycles. The van der Waals surface area contributed by atoms with Gasteiger partial charge in [-0.2, -0.15) is 0 Å². The van der Waals surface area contributed by atoms with E-state index in [1.54, 1.807) is 48.5 Å². The highest BCUT2D eigenvalue weighted by Gasteiger charge is 2.11. The number of amides is 2. The molecule has 0 heterocycles. The number of esters is 1. The summed E-state index contributed by atoms with van der Waals surface area (Å²) in [6, 6.07) is 13.8. The first-order valence-electron chi connectivity index (χ1n) is 8.08. The van der Waals surface area contributed by atoms with Crippen LogP contribution >= 0.6 is 0 Å². The van der Waals surface area contributed by atoms with E-state index in [0.29, 0.717) is 29.2 Å². The maximum atomic E-state index is 12.0. The molecule has 3 N–H and O–H groups in total. The number of rotatable bonds is 7. The van der Waals surface area contributed by atoms with Crippen molar-refractivity contribution in [3.63, 3.8) is 0 Å². The van der Waals surface area contributed by atoms with Gasteiger partial charge in [0.1, 0.15) is 0 Å². The summed E-state index contributed by atoms with van der Waals surface area (Å²) in [7, 11) is 1.32. The number of benzene rings is 2. The molecule has 26 heavy (non-hydrogen) atoms. The Balaban J connectivity index is 1.84. The van der Waals surface area contributed by atoms with Crippen LogP contribution in [0.2, 0.25) is 0 Å². The predicted octanol–water partition coefficient (Wildman–Crippen LogP) is 2.87. The Morgan fingerprint density at radius 2 is 1.54 bits per heavy atom. The Morgan fingerprint density at radius 1 is 0.923 bits per heavy atom. The quantitative estimate of drug-likeness (QED) is 0.664. The van der Waals surface area contributed by atoms with Crippen LogP contribution in [0, 0.1) is 0 Å². The van der Waals surface area contributed by atoms with Gasteiger partial charge in [-0.15, -0.1) is 0 Å². The summed E-state index contributed by atoms with van der Waals surface area (Å²) in [5.41, 5.74) is 2.34. The van der Waals surface area contributed by atoms with Crippen LogP contribution in [0.4, 0.5) is 17.1 Å². The molecule has 0 spiro atoms. The zero-order valence-electron chi connectivity index (χ0n) is 14.7. The first-order valence-corrected chi connectivity index (χ1v) is 8.08. The number of methoxy groups -OCH3 is 1. The van der Waals surface area contributed by atoms with E-state index in [-0.39, 0.29) is 18.2 Å². The molecule has 0 aliphatic rings. The molecule has 0 aromatic heterocycles. The highest BCUT2D eigenvalue weighted by molar-refractivity contribution is 5.96. The largest absolute Gasteiger partial charge is 0.465 e. The SMILES string of the molecule is COC(=O)c1ccccc1NCCC(=O)Nc1ccc(NC(C)=O)cc1. The highest BCUT2D eigenvalue weighted by atomic mass is 16.5. The van der Waals surface area contributed by atoms with Gasteiger partial charge in [0.2, 0.25) is 11.8 Å². The lowest BCUT2D eigenvalue weighted by molar-refractivity contribution is -0.116. The number of carbonyl (C=O) groups is 3. The first-order chi connectivity index (χ1) is 12.5. The molecule has 0 unspecified atom stereocenters. The Labute approximate surface area is 151 Å². The fourth-order valence-electron chi connectivity index (χ4n) is 2.30. The number of hydrogen-bond donors (Lipinski definition) is 3. The van der Waals surface area contributed by atoms with E-state index in [9.17, 15) is 14.4 Å². The number of carbonyl (C=O) groups excluding carboxylic acids is 3. The Hall–Kier alpha value is -3.35. The van der Waals surface area contributed by atoms with Crippen molar-refractivity contribution in [2.24, 2.45) is 0 Å². The Kier molecular flexibility index (Phi) is 6.73. The van der Waals surface area contributed by atoms with Crippen molar-refractivity contribution in [1.29, 1.82) is 0 Å². The molecule has 0 saturated heterocycles. The van der Waals surface area contributed by atoms with Gasteiger partial charge in [0.05, 0.1) is 12.7 Å². The van der Waals surface area contributed by atoms with Crippen LogP contribution in [0.3, 0.4) is 0 Å². The summed E-state index contributed by atoms with van der Waals surface area (Å²) >= 11 is 0. The fraction of sp³-hybridized carbons (Fsp3) is 0.211. The van der Waals surface area contributed by atoms with E-state index in [1.807, 2.05) is 0 Å². The zero-order valence-corrected chi connectivity index (χ0v) is 14.7. The molecular formula is C19H21N3O4. The van der Waals surface area contributed by atoms with E-state index in [1.165, 1.54) is 14.0 Å². The molecule has 2 aromatic carbocycles. The molecule has 7 heteroatoms. The Bertz CT molecular complexity index is 788. The molecule has 0 fully saturated rings. The van der Waals surface area contributed by atoms with Crippen molar-refractivity contribution in [2.45, 2.75) is 13.3 Å². The van der Waals surface area contributed by atoms with Crippen molar-refractivity contribution in [2.75, 3.05) is 29.6 Å². The minimum atomic E-state index is -0.434. The second kappa shape index (κ2) is 9.22. The molecule has 0 radical (unpaired) electrons. The van der Waals surface area contributed by atoms with E-state index < -0.39 is 5.97 Å². The number of nitrogens with one attached hydrogen (secondary N) is 3. The molecule has 7 nitrogen and oxygen atoms in total. The summed E-state index contributed by atoms with van der Waals surface area (Å²) in [5, 5.41) is 8.50. The maximum absolute atomic E-state index is 12.0. The number of anilines is 3. The third-order valence-corrected chi connectivity index (χ3v) is 3.49. The Morgan fingerprint density at radius 3 is 2.15 bits per heavy atom. The van der Waals surface area contributed by atoms with E-state index in [4.69, 9.17) is 4.74 Å². The van der Waals surface area contributed by atoms with Crippen LogP contribution in [0.5, 0.6) is 0 Å². The summed E-state index contributed by atoms with van der Waals surface area (Å²) in [6.45, 7) is 1.80. The van der Waals surface area contributed by atoms with Crippen LogP contribution in [0.15, 0.2) is 48.5 Å². The lowest BCUT2D eigenvalue weighted by Gasteiger charge is -2.11. The average Bonchev–Trinajstić information content (AvgIpc) is 2.62. The van der Waals surface area contributed by atoms with Crippen LogP contribution in [0.25, 0.3) is 0 Å². The summed E-state index contributed by atoms with van der Waals surface area (Å²) in [6.07, 6.45) is 0.225. The van der Waals surface area contributed by atoms with Crippen molar-refractivity contribution >= 4 is 34.8 Å². The smallest absolute Gasteiger partial charge is 0.339 e. The third-order valence-electron chi connectivity index (χ3n) is 3.49. The summed E-state index contributed by atoms with van der Waals surface area (Å²) < 4.78 is 4.73. The van der Waals surface area contributed by atoms with Gasteiger partial charge in [0, 0.05) is 37.0 Å². The van der Waals surface area contributed by atoms with Gasteiger partial charge in [-0.3, -0.25) is 9.59 Å². The average molecular weight is 355 g/mol. The standard InChI is InChI=1S/C19H21N3O4/c1-13(23)21-14-7-9-15(10-8-14)22-18(24)11-12-20-17-6-4-3-5-16(17)19(25)26-2/h3-10,20H,11-12H2,1-2H3,(H,21,23)(H,22,24). The van der Waals surface area contributed by atoms with E-state index in [0.717, 1.165) is 0 Å². The van der Waals surface area contributed by atoms with Crippen LogP contribution in [-0.4, -0.2) is 31.4 Å². The monoisotopic (exact) mass is 355 g/mol. The second-order valence-electron chi connectivity index (χ2n) is 5.52. The molecule has 0 atom stereocenters. The van der Waals surface area contributed by atoms with Gasteiger partial charge < -0.3 is 20.7 Å². The van der Waals surface area contributed by atoms with Gasteiger partial charge in [0.15, 0.2) is 0 Å². The summed E-state index contributed by atoms with van der Waals surface area (Å²) in [4.78, 5) is 34.7. The number of hydrogen-bond acceptors (Lipinski definition) is 5. The van der Waals surface area contributed by atoms with Gasteiger partial charge >= 0.3 is 5.97 Å². The van der Waals surface area contributed by atoms with Crippen molar-refractivity contribution in [1.82, 2.24) is 0 Å². The van der Waals surface area contributed by atoms with Gasteiger partial charge in [-0.1, -0.05) is 12.1 Å². The van der Waals surface area contributed by atoms with Gasteiger partial charge in [-0.25, -0.2) is 4.79 Å². The van der Waals surface area contributed by atoms with Crippen molar-refractivity contribution in [3.8, 4) is 0 Å². The molecule has 136 valence electrons.